The number of ether oxygens (including phenoxy) is 1. The Hall–Kier alpha value is -0.160. The molecule has 2 heterocycles. The van der Waals surface area contributed by atoms with E-state index < -0.39 is 0 Å². The predicted octanol–water partition coefficient (Wildman–Crippen LogP) is 0.781. The lowest BCUT2D eigenvalue weighted by Gasteiger charge is -2.50. The van der Waals surface area contributed by atoms with E-state index >= 15 is 0 Å². The molecule has 18 heavy (non-hydrogen) atoms. The maximum atomic E-state index is 5.40. The maximum absolute atomic E-state index is 5.40. The quantitative estimate of drug-likeness (QED) is 0.806. The predicted molar refractivity (Wildman–Crippen MR) is 75.0 cm³/mol. The molecule has 0 bridgehead atoms. The molecule has 2 saturated heterocycles. The lowest BCUT2D eigenvalue weighted by molar-refractivity contribution is 0.00636. The van der Waals surface area contributed by atoms with Crippen LogP contribution in [-0.2, 0) is 4.74 Å². The van der Waals surface area contributed by atoms with Crippen LogP contribution in [0.15, 0.2) is 0 Å². The molecule has 4 heteroatoms. The number of nitrogens with one attached hydrogen (secondary N) is 1. The van der Waals surface area contributed by atoms with Gasteiger partial charge in [-0.2, -0.15) is 0 Å². The van der Waals surface area contributed by atoms with Gasteiger partial charge < -0.3 is 10.1 Å². The van der Waals surface area contributed by atoms with E-state index in [0.717, 1.165) is 45.9 Å². The zero-order chi connectivity index (χ0) is 13.2. The highest BCUT2D eigenvalue weighted by Crippen LogP contribution is 2.23. The number of piperazine rings is 1. The van der Waals surface area contributed by atoms with Crippen LogP contribution >= 0.6 is 0 Å². The summed E-state index contributed by atoms with van der Waals surface area (Å²) < 4.78 is 5.40. The van der Waals surface area contributed by atoms with Gasteiger partial charge in [0.1, 0.15) is 0 Å². The average molecular weight is 255 g/mol. The van der Waals surface area contributed by atoms with Gasteiger partial charge >= 0.3 is 0 Å². The molecule has 2 fully saturated rings. The van der Waals surface area contributed by atoms with Crippen molar-refractivity contribution in [3.8, 4) is 0 Å². The number of morpholine rings is 1. The summed E-state index contributed by atoms with van der Waals surface area (Å²) in [5, 5.41) is 3.64. The monoisotopic (exact) mass is 255 g/mol. The third kappa shape index (κ3) is 3.67. The van der Waals surface area contributed by atoms with Crippen molar-refractivity contribution in [2.24, 2.45) is 0 Å². The first-order valence-electron chi connectivity index (χ1n) is 7.19. The Labute approximate surface area is 112 Å². The molecule has 2 aliphatic heterocycles. The Balaban J connectivity index is 1.85. The van der Waals surface area contributed by atoms with Crippen LogP contribution < -0.4 is 5.32 Å². The molecule has 0 radical (unpaired) electrons. The molecule has 0 amide bonds. The van der Waals surface area contributed by atoms with E-state index in [2.05, 4.69) is 42.8 Å². The molecule has 0 aliphatic carbocycles. The third-order valence-electron chi connectivity index (χ3n) is 4.23. The molecular weight excluding hydrogens is 226 g/mol. The maximum Gasteiger partial charge on any atom is 0.0594 e. The van der Waals surface area contributed by atoms with Crippen molar-refractivity contribution < 1.29 is 4.74 Å². The second-order valence-electron chi connectivity index (χ2n) is 6.93. The standard InChI is InChI=1S/C14H29N3O/c1-13(2)12-17(14(3,4)11-15-13)6-5-16-7-9-18-10-8-16/h15H,5-12H2,1-4H3. The Morgan fingerprint density at radius 1 is 1.06 bits per heavy atom. The van der Waals surface area contributed by atoms with E-state index in [1.807, 2.05) is 0 Å². The molecule has 0 aromatic carbocycles. The van der Waals surface area contributed by atoms with Gasteiger partial charge in [0.15, 0.2) is 0 Å². The highest BCUT2D eigenvalue weighted by Gasteiger charge is 2.37. The van der Waals surface area contributed by atoms with Gasteiger partial charge in [-0.15, -0.1) is 0 Å². The molecule has 0 saturated carbocycles. The molecule has 4 nitrogen and oxygen atoms in total. The number of hydrogen-bond donors (Lipinski definition) is 1. The van der Waals surface area contributed by atoms with Gasteiger partial charge in [0, 0.05) is 50.3 Å². The summed E-state index contributed by atoms with van der Waals surface area (Å²) in [4.78, 5) is 5.16. The normalized spacial score (nSPS) is 29.3. The third-order valence-corrected chi connectivity index (χ3v) is 4.23. The summed E-state index contributed by atoms with van der Waals surface area (Å²) in [5.41, 5.74) is 0.502. The van der Waals surface area contributed by atoms with Crippen molar-refractivity contribution in [2.45, 2.75) is 38.8 Å². The first-order valence-corrected chi connectivity index (χ1v) is 7.19. The van der Waals surface area contributed by atoms with Gasteiger partial charge in [-0.1, -0.05) is 0 Å². The summed E-state index contributed by atoms with van der Waals surface area (Å²) in [7, 11) is 0. The van der Waals surface area contributed by atoms with Gasteiger partial charge in [-0.25, -0.2) is 0 Å². The SMILES string of the molecule is CC1(C)CN(CCN2CCOCC2)C(C)(C)CN1. The topological polar surface area (TPSA) is 27.7 Å². The van der Waals surface area contributed by atoms with E-state index in [0.29, 0.717) is 0 Å². The smallest absolute Gasteiger partial charge is 0.0594 e. The highest BCUT2D eigenvalue weighted by atomic mass is 16.5. The van der Waals surface area contributed by atoms with Gasteiger partial charge in [-0.05, 0) is 27.7 Å². The second kappa shape index (κ2) is 5.45. The Bertz CT molecular complexity index is 272. The van der Waals surface area contributed by atoms with Gasteiger partial charge in [0.05, 0.1) is 13.2 Å². The van der Waals surface area contributed by atoms with E-state index in [1.54, 1.807) is 0 Å². The van der Waals surface area contributed by atoms with Gasteiger partial charge in [0.25, 0.3) is 0 Å². The van der Waals surface area contributed by atoms with Crippen LogP contribution in [-0.4, -0.2) is 73.4 Å². The number of rotatable bonds is 3. The summed E-state index contributed by atoms with van der Waals surface area (Å²) in [6.07, 6.45) is 0. The first-order chi connectivity index (χ1) is 8.39. The molecular formula is C14H29N3O. The Kier molecular flexibility index (Phi) is 4.32. The van der Waals surface area contributed by atoms with E-state index in [4.69, 9.17) is 4.74 Å². The van der Waals surface area contributed by atoms with Crippen molar-refractivity contribution in [1.29, 1.82) is 0 Å². The van der Waals surface area contributed by atoms with Crippen molar-refractivity contribution in [2.75, 3.05) is 52.5 Å². The van der Waals surface area contributed by atoms with Crippen molar-refractivity contribution in [1.82, 2.24) is 15.1 Å². The molecule has 0 aromatic rings. The minimum Gasteiger partial charge on any atom is -0.379 e. The van der Waals surface area contributed by atoms with Crippen LogP contribution in [0, 0.1) is 0 Å². The van der Waals surface area contributed by atoms with Crippen molar-refractivity contribution in [3.63, 3.8) is 0 Å². The zero-order valence-corrected chi connectivity index (χ0v) is 12.5. The highest BCUT2D eigenvalue weighted by molar-refractivity contribution is 4.97. The van der Waals surface area contributed by atoms with E-state index in [-0.39, 0.29) is 11.1 Å². The lowest BCUT2D eigenvalue weighted by atomic mass is 9.91. The van der Waals surface area contributed by atoms with E-state index in [9.17, 15) is 0 Å². The van der Waals surface area contributed by atoms with Gasteiger partial charge in [-0.3, -0.25) is 9.80 Å². The molecule has 0 aromatic heterocycles. The molecule has 0 spiro atoms. The summed E-state index contributed by atoms with van der Waals surface area (Å²) >= 11 is 0. The molecule has 1 N–H and O–H groups in total. The molecule has 0 atom stereocenters. The Morgan fingerprint density at radius 2 is 1.72 bits per heavy atom. The van der Waals surface area contributed by atoms with Crippen molar-refractivity contribution in [3.05, 3.63) is 0 Å². The summed E-state index contributed by atoms with van der Waals surface area (Å²) in [5.74, 6) is 0. The second-order valence-corrected chi connectivity index (χ2v) is 6.93. The fourth-order valence-electron chi connectivity index (χ4n) is 2.78. The van der Waals surface area contributed by atoms with Crippen LogP contribution in [0.4, 0.5) is 0 Å². The minimum atomic E-state index is 0.237. The number of nitrogens with zero attached hydrogens (tertiary/aromatic N) is 2. The zero-order valence-electron chi connectivity index (χ0n) is 12.5. The summed E-state index contributed by atoms with van der Waals surface area (Å²) in [6.45, 7) is 17.8. The molecule has 2 rings (SSSR count). The van der Waals surface area contributed by atoms with E-state index in [1.165, 1.54) is 6.54 Å². The largest absolute Gasteiger partial charge is 0.379 e. The minimum absolute atomic E-state index is 0.237. The molecule has 2 aliphatic rings. The molecule has 0 unspecified atom stereocenters. The van der Waals surface area contributed by atoms with Crippen LogP contribution in [0.25, 0.3) is 0 Å². The summed E-state index contributed by atoms with van der Waals surface area (Å²) in [6, 6.07) is 0. The molecule has 106 valence electrons. The van der Waals surface area contributed by atoms with Crippen LogP contribution in [0.5, 0.6) is 0 Å². The first kappa shape index (κ1) is 14.3. The van der Waals surface area contributed by atoms with Crippen LogP contribution in [0.2, 0.25) is 0 Å². The fraction of sp³-hybridized carbons (Fsp3) is 1.00. The average Bonchev–Trinajstić information content (AvgIpc) is 2.32. The fourth-order valence-corrected chi connectivity index (χ4v) is 2.78. The lowest BCUT2D eigenvalue weighted by Crippen LogP contribution is -2.66. The van der Waals surface area contributed by atoms with Crippen LogP contribution in [0.1, 0.15) is 27.7 Å². The van der Waals surface area contributed by atoms with Gasteiger partial charge in [0.2, 0.25) is 0 Å². The Morgan fingerprint density at radius 3 is 2.39 bits per heavy atom. The van der Waals surface area contributed by atoms with Crippen molar-refractivity contribution >= 4 is 0 Å². The number of hydrogen-bond acceptors (Lipinski definition) is 4. The van der Waals surface area contributed by atoms with Crippen LogP contribution in [0.3, 0.4) is 0 Å².